The van der Waals surface area contributed by atoms with Gasteiger partial charge >= 0.3 is 0 Å². The minimum absolute atomic E-state index is 0.00488. The molecule has 9 nitrogen and oxygen atoms in total. The molecular formula is C14H14N6O3. The average molecular weight is 314 g/mol. The second-order valence-electron chi connectivity index (χ2n) is 5.01. The first-order chi connectivity index (χ1) is 10.9. The molecule has 1 aliphatic carbocycles. The highest BCUT2D eigenvalue weighted by atomic mass is 16.3. The Morgan fingerprint density at radius 1 is 0.826 bits per heavy atom. The number of benzene rings is 2. The Morgan fingerprint density at radius 3 is 2.00 bits per heavy atom. The van der Waals surface area contributed by atoms with Gasteiger partial charge in [0.2, 0.25) is 0 Å². The molecule has 9 heteroatoms. The van der Waals surface area contributed by atoms with Crippen molar-refractivity contribution in [1.29, 1.82) is 0 Å². The van der Waals surface area contributed by atoms with Crippen LogP contribution in [-0.2, 0) is 0 Å². The number of aromatic hydroxyl groups is 1. The first-order valence-electron chi connectivity index (χ1n) is 6.52. The van der Waals surface area contributed by atoms with Crippen LogP contribution in [0.3, 0.4) is 0 Å². The van der Waals surface area contributed by atoms with Gasteiger partial charge in [0.1, 0.15) is 5.75 Å². The van der Waals surface area contributed by atoms with Crippen LogP contribution < -0.4 is 34.0 Å². The van der Waals surface area contributed by atoms with Crippen LogP contribution in [0.2, 0.25) is 0 Å². The number of carbonyl (C=O) groups excluding carboxylic acids is 2. The van der Waals surface area contributed by atoms with Crippen molar-refractivity contribution in [3.05, 3.63) is 40.5 Å². The number of nitrogens with one attached hydrogen (secondary N) is 2. The van der Waals surface area contributed by atoms with Crippen LogP contribution in [-0.4, -0.2) is 16.7 Å². The molecule has 1 aliphatic rings. The van der Waals surface area contributed by atoms with E-state index in [1.165, 1.54) is 18.2 Å². The lowest BCUT2D eigenvalue weighted by molar-refractivity contribution is 0.0981. The number of hydrogen-bond donors (Lipinski definition) is 7. The Balaban J connectivity index is 2.45. The number of hydrogen-bond acceptors (Lipinski definition) is 9. The summed E-state index contributed by atoms with van der Waals surface area (Å²) >= 11 is 0. The smallest absolute Gasteiger partial charge is 0.199 e. The van der Waals surface area contributed by atoms with Crippen molar-refractivity contribution >= 4 is 34.3 Å². The zero-order valence-corrected chi connectivity index (χ0v) is 11.8. The highest BCUT2D eigenvalue weighted by Crippen LogP contribution is 2.42. The molecular weight excluding hydrogens is 300 g/mol. The van der Waals surface area contributed by atoms with Gasteiger partial charge in [0, 0.05) is 11.8 Å². The molecule has 23 heavy (non-hydrogen) atoms. The summed E-state index contributed by atoms with van der Waals surface area (Å²) in [4.78, 5) is 25.7. The summed E-state index contributed by atoms with van der Waals surface area (Å²) in [6.45, 7) is 0. The molecule has 0 amide bonds. The number of anilines is 4. The first kappa shape index (κ1) is 14.6. The van der Waals surface area contributed by atoms with E-state index in [4.69, 9.17) is 23.2 Å². The summed E-state index contributed by atoms with van der Waals surface area (Å²) in [5, 5.41) is 9.87. The largest absolute Gasteiger partial charge is 0.506 e. The van der Waals surface area contributed by atoms with Crippen LogP contribution in [0.25, 0.3) is 0 Å². The zero-order chi connectivity index (χ0) is 16.9. The van der Waals surface area contributed by atoms with E-state index in [0.717, 1.165) is 0 Å². The monoisotopic (exact) mass is 314 g/mol. The quantitative estimate of drug-likeness (QED) is 0.147. The average Bonchev–Trinajstić information content (AvgIpc) is 2.54. The fourth-order valence-corrected chi connectivity index (χ4v) is 2.74. The zero-order valence-electron chi connectivity index (χ0n) is 11.8. The fraction of sp³-hybridized carbons (Fsp3) is 0. The van der Waals surface area contributed by atoms with Gasteiger partial charge in [-0.3, -0.25) is 21.3 Å². The maximum atomic E-state index is 12.9. The van der Waals surface area contributed by atoms with Crippen LogP contribution >= 0.6 is 0 Å². The molecule has 0 fully saturated rings. The Morgan fingerprint density at radius 2 is 1.39 bits per heavy atom. The van der Waals surface area contributed by atoms with Crippen molar-refractivity contribution in [3.8, 4) is 5.75 Å². The summed E-state index contributed by atoms with van der Waals surface area (Å²) < 4.78 is 0. The Bertz CT molecular complexity index is 878. The van der Waals surface area contributed by atoms with Crippen molar-refractivity contribution in [1.82, 2.24) is 0 Å². The number of hydrazine groups is 2. The number of phenols is 1. The second kappa shape index (κ2) is 4.87. The fourth-order valence-electron chi connectivity index (χ4n) is 2.74. The van der Waals surface area contributed by atoms with Gasteiger partial charge in [-0.2, -0.15) is 0 Å². The third kappa shape index (κ3) is 1.81. The summed E-state index contributed by atoms with van der Waals surface area (Å²) in [6, 6.07) is 4.11. The van der Waals surface area contributed by atoms with Gasteiger partial charge < -0.3 is 27.4 Å². The van der Waals surface area contributed by atoms with Crippen molar-refractivity contribution < 1.29 is 14.7 Å². The van der Waals surface area contributed by atoms with Crippen molar-refractivity contribution in [2.75, 3.05) is 22.3 Å². The van der Waals surface area contributed by atoms with Crippen LogP contribution in [0.1, 0.15) is 31.8 Å². The number of carbonyl (C=O) groups is 2. The third-order valence-corrected chi connectivity index (χ3v) is 3.80. The summed E-state index contributed by atoms with van der Waals surface area (Å²) in [7, 11) is 0. The van der Waals surface area contributed by atoms with Gasteiger partial charge in [-0.1, -0.05) is 0 Å². The van der Waals surface area contributed by atoms with E-state index in [9.17, 15) is 14.7 Å². The predicted molar refractivity (Wildman–Crippen MR) is 85.9 cm³/mol. The van der Waals surface area contributed by atoms with Gasteiger partial charge in [0.25, 0.3) is 0 Å². The maximum absolute atomic E-state index is 12.9. The van der Waals surface area contributed by atoms with Gasteiger partial charge in [0.15, 0.2) is 11.6 Å². The number of rotatable bonds is 2. The maximum Gasteiger partial charge on any atom is 0.199 e. The van der Waals surface area contributed by atoms with Gasteiger partial charge in [0.05, 0.1) is 39.3 Å². The molecule has 0 bridgehead atoms. The number of fused-ring (bicyclic) bond motifs is 2. The molecule has 0 aliphatic heterocycles. The Hall–Kier alpha value is -3.30. The molecule has 0 spiro atoms. The van der Waals surface area contributed by atoms with E-state index in [2.05, 4.69) is 10.9 Å². The van der Waals surface area contributed by atoms with E-state index in [-0.39, 0.29) is 50.8 Å². The summed E-state index contributed by atoms with van der Waals surface area (Å²) in [6.07, 6.45) is 0. The molecule has 11 N–H and O–H groups in total. The van der Waals surface area contributed by atoms with Crippen molar-refractivity contribution in [3.63, 3.8) is 0 Å². The number of nitrogen functional groups attached to an aromatic ring is 4. The molecule has 0 heterocycles. The van der Waals surface area contributed by atoms with Crippen molar-refractivity contribution in [2.24, 2.45) is 11.7 Å². The lowest BCUT2D eigenvalue weighted by atomic mass is 9.80. The molecule has 2 aromatic rings. The normalized spacial score (nSPS) is 12.6. The lowest BCUT2D eigenvalue weighted by Gasteiger charge is -2.24. The van der Waals surface area contributed by atoms with E-state index < -0.39 is 11.6 Å². The minimum Gasteiger partial charge on any atom is -0.506 e. The van der Waals surface area contributed by atoms with E-state index >= 15 is 0 Å². The van der Waals surface area contributed by atoms with Gasteiger partial charge in [-0.25, -0.2) is 0 Å². The Labute approximate surface area is 130 Å². The van der Waals surface area contributed by atoms with E-state index in [0.29, 0.717) is 0 Å². The summed E-state index contributed by atoms with van der Waals surface area (Å²) in [5.74, 6) is 9.30. The lowest BCUT2D eigenvalue weighted by Crippen LogP contribution is -2.28. The molecule has 0 saturated carbocycles. The minimum atomic E-state index is -0.584. The molecule has 0 atom stereocenters. The molecule has 3 rings (SSSR count). The Kier molecular flexibility index (Phi) is 3.09. The standard InChI is InChI=1S/C14H14N6O3/c15-4-1-2-5(19-17)9-8(4)13(22)10-6(20-18)3-7(21)12(16)11(10)14(9)23/h1-3,19-21H,15-18H2. The second-order valence-corrected chi connectivity index (χ2v) is 5.01. The van der Waals surface area contributed by atoms with E-state index in [1.54, 1.807) is 0 Å². The first-order valence-corrected chi connectivity index (χ1v) is 6.52. The highest BCUT2D eigenvalue weighted by Gasteiger charge is 2.37. The highest BCUT2D eigenvalue weighted by molar-refractivity contribution is 6.35. The predicted octanol–water partition coefficient (Wildman–Crippen LogP) is -0.0968. The van der Waals surface area contributed by atoms with E-state index in [1.807, 2.05) is 0 Å². The van der Waals surface area contributed by atoms with Crippen molar-refractivity contribution in [2.45, 2.75) is 0 Å². The molecule has 0 radical (unpaired) electrons. The van der Waals surface area contributed by atoms with Crippen LogP contribution in [0.15, 0.2) is 18.2 Å². The number of ketones is 2. The van der Waals surface area contributed by atoms with Crippen LogP contribution in [0, 0.1) is 0 Å². The van der Waals surface area contributed by atoms with Gasteiger partial charge in [-0.05, 0) is 12.1 Å². The molecule has 0 unspecified atom stereocenters. The third-order valence-electron chi connectivity index (χ3n) is 3.80. The summed E-state index contributed by atoms with van der Waals surface area (Å²) in [5.41, 5.74) is 16.3. The molecule has 118 valence electrons. The number of nitrogens with two attached hydrogens (primary N) is 4. The van der Waals surface area contributed by atoms with Gasteiger partial charge in [-0.15, -0.1) is 0 Å². The molecule has 0 saturated heterocycles. The molecule has 0 aromatic heterocycles. The molecule has 2 aromatic carbocycles. The van der Waals surface area contributed by atoms with Crippen LogP contribution in [0.5, 0.6) is 5.75 Å². The SMILES string of the molecule is NNc1ccc(N)c2c1C(=O)c1c(N)c(O)cc(NN)c1C2=O. The number of phenolic OH excluding ortho intramolecular Hbond substituents is 1. The topological polar surface area (TPSA) is 183 Å². The van der Waals surface area contributed by atoms with Crippen LogP contribution in [0.4, 0.5) is 22.7 Å².